The van der Waals surface area contributed by atoms with Crippen molar-refractivity contribution in [3.05, 3.63) is 34.3 Å². The van der Waals surface area contributed by atoms with Crippen LogP contribution in [-0.4, -0.2) is 42.5 Å². The molecule has 1 saturated heterocycles. The highest BCUT2D eigenvalue weighted by molar-refractivity contribution is 7.89. The third-order valence-electron chi connectivity index (χ3n) is 8.32. The van der Waals surface area contributed by atoms with Gasteiger partial charge in [0.2, 0.25) is 10.0 Å². The monoisotopic (exact) mass is 493 g/mol. The standard InChI is InChI=1S/C22H27ClF3NO4S/c1-19(2)14-5-6-20(19,18(28)12-14)13-32(30,31)27-9-7-21(29,8-10-27)15-3-4-17(23)16(11-15)22(24,25)26/h3-4,11,14,29H,5-10,12-13H2,1-2H3. The van der Waals surface area contributed by atoms with Gasteiger partial charge in [0.25, 0.3) is 0 Å². The smallest absolute Gasteiger partial charge is 0.385 e. The number of carbonyl (C=O) groups excluding carboxylic acids is 1. The minimum Gasteiger partial charge on any atom is -0.385 e. The zero-order chi connectivity index (χ0) is 23.7. The molecule has 1 aromatic rings. The quantitative estimate of drug-likeness (QED) is 0.676. The first-order valence-corrected chi connectivity index (χ1v) is 12.7. The number of carbonyl (C=O) groups is 1. The van der Waals surface area contributed by atoms with Crippen LogP contribution in [0.25, 0.3) is 0 Å². The molecule has 1 N–H and O–H groups in total. The van der Waals surface area contributed by atoms with Gasteiger partial charge in [-0.3, -0.25) is 4.79 Å². The van der Waals surface area contributed by atoms with Crippen LogP contribution in [0.3, 0.4) is 0 Å². The molecule has 3 aliphatic rings. The normalized spacial score (nSPS) is 30.1. The largest absolute Gasteiger partial charge is 0.417 e. The number of rotatable bonds is 4. The lowest BCUT2D eigenvalue weighted by Gasteiger charge is -2.41. The van der Waals surface area contributed by atoms with Gasteiger partial charge >= 0.3 is 6.18 Å². The topological polar surface area (TPSA) is 74.7 Å². The Morgan fingerprint density at radius 1 is 1.19 bits per heavy atom. The summed E-state index contributed by atoms with van der Waals surface area (Å²) in [5, 5.41) is 10.6. The molecule has 2 unspecified atom stereocenters. The summed E-state index contributed by atoms with van der Waals surface area (Å²) in [6.45, 7) is 3.88. The van der Waals surface area contributed by atoms with Gasteiger partial charge in [-0.05, 0) is 54.7 Å². The second-order valence-electron chi connectivity index (χ2n) is 10.0. The molecule has 10 heteroatoms. The molecule has 5 nitrogen and oxygen atoms in total. The van der Waals surface area contributed by atoms with Gasteiger partial charge in [0.1, 0.15) is 5.78 Å². The number of halogens is 4. The Kier molecular flexibility index (Phi) is 5.56. The van der Waals surface area contributed by atoms with Gasteiger partial charge in [-0.25, -0.2) is 12.7 Å². The van der Waals surface area contributed by atoms with Gasteiger partial charge in [-0.15, -0.1) is 0 Å². The maximum absolute atomic E-state index is 13.3. The van der Waals surface area contributed by atoms with E-state index in [1.807, 2.05) is 13.8 Å². The summed E-state index contributed by atoms with van der Waals surface area (Å²) in [5.41, 5.74) is -3.82. The first kappa shape index (κ1) is 24.0. The number of hydrogen-bond acceptors (Lipinski definition) is 4. The predicted molar refractivity (Wildman–Crippen MR) is 114 cm³/mol. The number of alkyl halides is 3. The first-order chi connectivity index (χ1) is 14.6. The summed E-state index contributed by atoms with van der Waals surface area (Å²) in [4.78, 5) is 12.7. The first-order valence-electron chi connectivity index (χ1n) is 10.7. The Labute approximate surface area is 191 Å². The number of nitrogens with zero attached hydrogens (tertiary/aromatic N) is 1. The molecule has 0 aromatic heterocycles. The molecule has 1 heterocycles. The summed E-state index contributed by atoms with van der Waals surface area (Å²) in [6.07, 6.45) is -2.93. The zero-order valence-corrected chi connectivity index (χ0v) is 19.6. The highest BCUT2D eigenvalue weighted by atomic mass is 35.5. The number of piperidine rings is 1. The number of fused-ring (bicyclic) bond motifs is 2. The van der Waals surface area contributed by atoms with E-state index in [-0.39, 0.29) is 54.4 Å². The van der Waals surface area contributed by atoms with Crippen LogP contribution in [-0.2, 0) is 26.6 Å². The van der Waals surface area contributed by atoms with Crippen LogP contribution in [0.4, 0.5) is 13.2 Å². The van der Waals surface area contributed by atoms with E-state index < -0.39 is 37.8 Å². The molecule has 2 saturated carbocycles. The van der Waals surface area contributed by atoms with Crippen molar-refractivity contribution >= 4 is 27.4 Å². The maximum atomic E-state index is 13.3. The summed E-state index contributed by atoms with van der Waals surface area (Å²) in [6, 6.07) is 3.28. The van der Waals surface area contributed by atoms with Crippen LogP contribution in [0.5, 0.6) is 0 Å². The van der Waals surface area contributed by atoms with Gasteiger partial charge in [-0.1, -0.05) is 31.5 Å². The number of hydrogen-bond donors (Lipinski definition) is 1. The van der Waals surface area contributed by atoms with Crippen molar-refractivity contribution < 1.29 is 31.5 Å². The van der Waals surface area contributed by atoms with Crippen molar-refractivity contribution in [2.45, 2.75) is 57.7 Å². The number of ketones is 1. The van der Waals surface area contributed by atoms with Gasteiger partial charge < -0.3 is 5.11 Å². The predicted octanol–water partition coefficient (Wildman–Crippen LogP) is 4.37. The van der Waals surface area contributed by atoms with E-state index in [2.05, 4.69) is 0 Å². The van der Waals surface area contributed by atoms with Crippen LogP contribution in [0, 0.1) is 16.7 Å². The van der Waals surface area contributed by atoms with E-state index in [1.165, 1.54) is 10.4 Å². The Hall–Kier alpha value is -1.16. The lowest BCUT2D eigenvalue weighted by Crippen LogP contribution is -2.50. The Balaban J connectivity index is 1.52. The van der Waals surface area contributed by atoms with Crippen molar-refractivity contribution in [3.63, 3.8) is 0 Å². The van der Waals surface area contributed by atoms with Crippen molar-refractivity contribution in [2.24, 2.45) is 16.7 Å². The van der Waals surface area contributed by atoms with Crippen LogP contribution in [0.1, 0.15) is 57.1 Å². The summed E-state index contributed by atoms with van der Waals surface area (Å²) < 4.78 is 67.4. The van der Waals surface area contributed by atoms with Crippen LogP contribution in [0.15, 0.2) is 18.2 Å². The third-order valence-corrected chi connectivity index (χ3v) is 10.7. The molecule has 178 valence electrons. The molecular weight excluding hydrogens is 467 g/mol. The molecule has 32 heavy (non-hydrogen) atoms. The number of Topliss-reactive ketones (excluding diaryl/α,β-unsaturated/α-hetero) is 1. The lowest BCUT2D eigenvalue weighted by atomic mass is 9.70. The van der Waals surface area contributed by atoms with Gasteiger partial charge in [0.15, 0.2) is 0 Å². The highest BCUT2D eigenvalue weighted by Gasteiger charge is 2.65. The average molecular weight is 494 g/mol. The van der Waals surface area contributed by atoms with E-state index in [0.29, 0.717) is 12.8 Å². The molecule has 1 aliphatic heterocycles. The molecule has 2 aliphatic carbocycles. The Morgan fingerprint density at radius 3 is 2.31 bits per heavy atom. The van der Waals surface area contributed by atoms with E-state index in [4.69, 9.17) is 11.6 Å². The molecule has 2 atom stereocenters. The van der Waals surface area contributed by atoms with E-state index in [1.54, 1.807) is 0 Å². The van der Waals surface area contributed by atoms with Gasteiger partial charge in [0, 0.05) is 24.9 Å². The molecule has 4 rings (SSSR count). The summed E-state index contributed by atoms with van der Waals surface area (Å²) in [5.74, 6) is -0.0408. The fourth-order valence-corrected chi connectivity index (χ4v) is 8.41. The van der Waals surface area contributed by atoms with Crippen molar-refractivity contribution in [2.75, 3.05) is 18.8 Å². The van der Waals surface area contributed by atoms with Crippen LogP contribution >= 0.6 is 11.6 Å². The Bertz CT molecular complexity index is 1050. The number of benzene rings is 1. The Morgan fingerprint density at radius 2 is 1.81 bits per heavy atom. The van der Waals surface area contributed by atoms with E-state index in [0.717, 1.165) is 18.6 Å². The molecule has 0 radical (unpaired) electrons. The fourth-order valence-electron chi connectivity index (χ4n) is 5.97. The lowest BCUT2D eigenvalue weighted by molar-refractivity contribution is -0.137. The van der Waals surface area contributed by atoms with Gasteiger partial charge in [0.05, 0.1) is 21.9 Å². The summed E-state index contributed by atoms with van der Waals surface area (Å²) >= 11 is 5.68. The van der Waals surface area contributed by atoms with Crippen LogP contribution < -0.4 is 0 Å². The van der Waals surface area contributed by atoms with Crippen molar-refractivity contribution in [1.82, 2.24) is 4.31 Å². The SMILES string of the molecule is CC1(C)C2CCC1(CS(=O)(=O)N1CCC(O)(c3ccc(Cl)c(C(F)(F)F)c3)CC1)C(=O)C2. The molecule has 3 fully saturated rings. The number of aliphatic hydroxyl groups is 1. The van der Waals surface area contributed by atoms with E-state index >= 15 is 0 Å². The van der Waals surface area contributed by atoms with Gasteiger partial charge in [-0.2, -0.15) is 13.2 Å². The minimum absolute atomic E-state index is 0.0108. The molecular formula is C22H27ClF3NO4S. The minimum atomic E-state index is -4.66. The van der Waals surface area contributed by atoms with Crippen molar-refractivity contribution in [3.8, 4) is 0 Å². The second kappa shape index (κ2) is 7.42. The third kappa shape index (κ3) is 3.60. The average Bonchev–Trinajstić information content (AvgIpc) is 3.01. The van der Waals surface area contributed by atoms with E-state index in [9.17, 15) is 31.5 Å². The molecule has 1 aromatic carbocycles. The number of sulfonamides is 1. The van der Waals surface area contributed by atoms with Crippen molar-refractivity contribution in [1.29, 1.82) is 0 Å². The zero-order valence-electron chi connectivity index (χ0n) is 18.0. The maximum Gasteiger partial charge on any atom is 0.417 e. The molecule has 2 bridgehead atoms. The second-order valence-corrected chi connectivity index (χ2v) is 12.4. The highest BCUT2D eigenvalue weighted by Crippen LogP contribution is 2.64. The molecule has 0 spiro atoms. The van der Waals surface area contributed by atoms with Crippen LogP contribution in [0.2, 0.25) is 5.02 Å². The summed E-state index contributed by atoms with van der Waals surface area (Å²) in [7, 11) is -3.78. The fraction of sp³-hybridized carbons (Fsp3) is 0.682. The molecule has 0 amide bonds.